The summed E-state index contributed by atoms with van der Waals surface area (Å²) in [4.78, 5) is 2.41. The van der Waals surface area contributed by atoms with Crippen molar-refractivity contribution in [3.05, 3.63) is 342 Å². The molecule has 3 aliphatic carbocycles. The van der Waals surface area contributed by atoms with Crippen molar-refractivity contribution < 1.29 is 8.83 Å². The van der Waals surface area contributed by atoms with Crippen LogP contribution < -0.4 is 4.90 Å². The third-order valence-electron chi connectivity index (χ3n) is 18.6. The Labute approximate surface area is 480 Å². The average Bonchev–Trinajstić information content (AvgIpc) is 3.25. The number of anilines is 3. The van der Waals surface area contributed by atoms with Gasteiger partial charge in [-0.3, -0.25) is 0 Å². The molecule has 0 N–H and O–H groups in total. The van der Waals surface area contributed by atoms with Crippen LogP contribution in [0.4, 0.5) is 17.1 Å². The second-order valence-corrected chi connectivity index (χ2v) is 22.5. The van der Waals surface area contributed by atoms with Crippen LogP contribution in [0.1, 0.15) is 44.5 Å². The van der Waals surface area contributed by atoms with Gasteiger partial charge < -0.3 is 13.7 Å². The van der Waals surface area contributed by atoms with Gasteiger partial charge in [0, 0.05) is 38.5 Å². The van der Waals surface area contributed by atoms with Crippen molar-refractivity contribution in [3.63, 3.8) is 0 Å². The van der Waals surface area contributed by atoms with Crippen molar-refractivity contribution in [1.82, 2.24) is 0 Å². The van der Waals surface area contributed by atoms with E-state index in [1.165, 1.54) is 83.5 Å². The second-order valence-electron chi connectivity index (χ2n) is 22.5. The molecule has 3 nitrogen and oxygen atoms in total. The number of hydrogen-bond donors (Lipinski definition) is 0. The lowest BCUT2D eigenvalue weighted by molar-refractivity contribution is 0.665. The first-order valence-corrected chi connectivity index (χ1v) is 28.7. The highest BCUT2D eigenvalue weighted by atomic mass is 16.3. The maximum atomic E-state index is 7.83. The van der Waals surface area contributed by atoms with Crippen LogP contribution in [0.15, 0.2) is 306 Å². The second kappa shape index (κ2) is 17.4. The Morgan fingerprint density at radius 1 is 0.265 bits per heavy atom. The lowest BCUT2D eigenvalue weighted by Gasteiger charge is -2.35. The van der Waals surface area contributed by atoms with Gasteiger partial charge in [-0.1, -0.05) is 255 Å². The van der Waals surface area contributed by atoms with E-state index in [2.05, 4.69) is 302 Å². The molecule has 18 rings (SSSR count). The van der Waals surface area contributed by atoms with Gasteiger partial charge in [0.1, 0.15) is 16.7 Å². The van der Waals surface area contributed by atoms with Crippen molar-refractivity contribution >= 4 is 60.9 Å². The molecule has 3 heteroatoms. The van der Waals surface area contributed by atoms with E-state index in [0.717, 1.165) is 77.6 Å². The fraction of sp³-hybridized carbons (Fsp3) is 0.0250. The molecule has 0 amide bonds. The van der Waals surface area contributed by atoms with Crippen molar-refractivity contribution in [3.8, 4) is 55.6 Å². The normalized spacial score (nSPS) is 13.7. The molecule has 0 aliphatic heterocycles. The Morgan fingerprint density at radius 2 is 0.759 bits per heavy atom. The molecule has 0 saturated heterocycles. The number of nitrogens with zero attached hydrogens (tertiary/aromatic N) is 1. The standard InChI is InChI=1S/C80H49NO2/c1-4-22-50(23-5-1)51-42-44-54(45-43-51)81(55-46-47-59-58-30-10-15-35-65(58)79(70(59)48-55,52-24-6-2-7-25-52)53-26-8-3-9-27-53)71-40-21-33-60-64-49-73-75(62-32-14-19-41-72(62)82-73)76(78(64)83-77(60)71)63-34-20-39-69-74(63)61-31-13-18-38-68(61)80(69)66-36-16-11-28-56(66)57-29-12-17-37-67(57)80/h1-49H. The summed E-state index contributed by atoms with van der Waals surface area (Å²) >= 11 is 0. The SMILES string of the molecule is c1ccc(-c2ccc(N(c3ccc4c(c3)C(c3ccccc3)(c3ccccc3)c3ccccc3-4)c3cccc4c3oc3c(-c5cccc6c5-c5ccccc5C65c6ccccc6-c6ccccc65)c5c(cc34)oc3ccccc35)cc2)cc1. The summed E-state index contributed by atoms with van der Waals surface area (Å²) in [6, 6.07) is 109. The number of hydrogen-bond acceptors (Lipinski definition) is 3. The fourth-order valence-corrected chi connectivity index (χ4v) is 15.3. The zero-order valence-corrected chi connectivity index (χ0v) is 45.1. The Kier molecular flexibility index (Phi) is 9.64. The summed E-state index contributed by atoms with van der Waals surface area (Å²) < 4.78 is 14.8. The predicted octanol–water partition coefficient (Wildman–Crippen LogP) is 21.0. The first-order valence-electron chi connectivity index (χ1n) is 28.7. The van der Waals surface area contributed by atoms with Gasteiger partial charge >= 0.3 is 0 Å². The maximum Gasteiger partial charge on any atom is 0.159 e. The molecule has 13 aromatic carbocycles. The summed E-state index contributed by atoms with van der Waals surface area (Å²) in [6.45, 7) is 0. The van der Waals surface area contributed by atoms with Gasteiger partial charge in [0.15, 0.2) is 5.58 Å². The lowest BCUT2D eigenvalue weighted by Crippen LogP contribution is -2.28. The summed E-state index contributed by atoms with van der Waals surface area (Å²) in [5, 5.41) is 4.09. The van der Waals surface area contributed by atoms with Crippen LogP contribution in [-0.4, -0.2) is 0 Å². The maximum absolute atomic E-state index is 7.83. The van der Waals surface area contributed by atoms with Crippen molar-refractivity contribution in [2.75, 3.05) is 4.90 Å². The molecule has 0 fully saturated rings. The molecule has 386 valence electrons. The van der Waals surface area contributed by atoms with Crippen LogP contribution in [-0.2, 0) is 10.8 Å². The molecule has 15 aromatic rings. The predicted molar refractivity (Wildman–Crippen MR) is 340 cm³/mol. The molecule has 2 heterocycles. The summed E-state index contributed by atoms with van der Waals surface area (Å²) in [5.74, 6) is 0. The minimum absolute atomic E-state index is 0.520. The highest BCUT2D eigenvalue weighted by molar-refractivity contribution is 6.26. The molecule has 0 radical (unpaired) electrons. The third-order valence-corrected chi connectivity index (χ3v) is 18.6. The molecule has 0 atom stereocenters. The van der Waals surface area contributed by atoms with Crippen LogP contribution in [0.3, 0.4) is 0 Å². The summed E-state index contributed by atoms with van der Waals surface area (Å²) in [6.07, 6.45) is 0. The van der Waals surface area contributed by atoms with Crippen LogP contribution in [0.25, 0.3) is 99.5 Å². The quantitative estimate of drug-likeness (QED) is 0.159. The zero-order chi connectivity index (χ0) is 54.4. The molecule has 0 unspecified atom stereocenters. The van der Waals surface area contributed by atoms with Gasteiger partial charge in [-0.25, -0.2) is 0 Å². The van der Waals surface area contributed by atoms with Crippen molar-refractivity contribution in [2.45, 2.75) is 10.8 Å². The van der Waals surface area contributed by atoms with E-state index in [9.17, 15) is 0 Å². The van der Waals surface area contributed by atoms with E-state index in [0.29, 0.717) is 0 Å². The van der Waals surface area contributed by atoms with Gasteiger partial charge in [0.2, 0.25) is 0 Å². The van der Waals surface area contributed by atoms with Gasteiger partial charge in [0.25, 0.3) is 0 Å². The largest absolute Gasteiger partial charge is 0.456 e. The van der Waals surface area contributed by atoms with Crippen LogP contribution in [0.5, 0.6) is 0 Å². The van der Waals surface area contributed by atoms with Gasteiger partial charge in [-0.05, 0) is 137 Å². The van der Waals surface area contributed by atoms with E-state index in [1.807, 2.05) is 0 Å². The smallest absolute Gasteiger partial charge is 0.159 e. The average molecular weight is 1060 g/mol. The summed E-state index contributed by atoms with van der Waals surface area (Å²) in [5.41, 5.74) is 27.2. The van der Waals surface area contributed by atoms with Gasteiger partial charge in [-0.2, -0.15) is 0 Å². The molecule has 1 spiro atoms. The topological polar surface area (TPSA) is 29.5 Å². The molecule has 0 saturated carbocycles. The Morgan fingerprint density at radius 3 is 1.43 bits per heavy atom. The van der Waals surface area contributed by atoms with E-state index in [-0.39, 0.29) is 0 Å². The van der Waals surface area contributed by atoms with Crippen LogP contribution in [0.2, 0.25) is 0 Å². The van der Waals surface area contributed by atoms with E-state index < -0.39 is 10.8 Å². The van der Waals surface area contributed by atoms with E-state index in [1.54, 1.807) is 0 Å². The highest BCUT2D eigenvalue weighted by Gasteiger charge is 2.52. The van der Waals surface area contributed by atoms with Crippen LogP contribution in [0, 0.1) is 0 Å². The van der Waals surface area contributed by atoms with Crippen molar-refractivity contribution in [2.24, 2.45) is 0 Å². The Balaban J connectivity index is 0.921. The highest BCUT2D eigenvalue weighted by Crippen LogP contribution is 2.65. The number of benzene rings is 13. The van der Waals surface area contributed by atoms with Gasteiger partial charge in [-0.15, -0.1) is 0 Å². The monoisotopic (exact) mass is 1060 g/mol. The van der Waals surface area contributed by atoms with Gasteiger partial charge in [0.05, 0.1) is 16.5 Å². The number of fused-ring (bicyclic) bond motifs is 19. The molecule has 3 aliphatic rings. The van der Waals surface area contributed by atoms with Crippen LogP contribution >= 0.6 is 0 Å². The van der Waals surface area contributed by atoms with E-state index in [4.69, 9.17) is 8.83 Å². The molecule has 0 bridgehead atoms. The Hall–Kier alpha value is -10.7. The Bertz CT molecular complexity index is 5060. The first-order chi connectivity index (χ1) is 41.2. The minimum Gasteiger partial charge on any atom is -0.456 e. The zero-order valence-electron chi connectivity index (χ0n) is 45.1. The first kappa shape index (κ1) is 46.1. The molecule has 83 heavy (non-hydrogen) atoms. The molecular weight excluding hydrogens is 1010 g/mol. The number of rotatable bonds is 7. The number of furan rings is 2. The van der Waals surface area contributed by atoms with E-state index >= 15 is 0 Å². The van der Waals surface area contributed by atoms with Crippen molar-refractivity contribution in [1.29, 1.82) is 0 Å². The molecule has 2 aromatic heterocycles. The third kappa shape index (κ3) is 6.18. The number of para-hydroxylation sites is 2. The lowest BCUT2D eigenvalue weighted by atomic mass is 9.67. The molecular formula is C80H49NO2. The minimum atomic E-state index is -0.597. The summed E-state index contributed by atoms with van der Waals surface area (Å²) in [7, 11) is 0. The fourth-order valence-electron chi connectivity index (χ4n) is 15.3.